The molecule has 2 unspecified atom stereocenters. The average Bonchev–Trinajstić information content (AvgIpc) is 3.13. The number of ether oxygens (including phenoxy) is 2. The Morgan fingerprint density at radius 1 is 1.29 bits per heavy atom. The molecule has 2 aliphatic rings. The van der Waals surface area contributed by atoms with Crippen LogP contribution >= 0.6 is 0 Å². The molecule has 2 heterocycles. The van der Waals surface area contributed by atoms with Crippen molar-refractivity contribution in [1.82, 2.24) is 4.90 Å². The summed E-state index contributed by atoms with van der Waals surface area (Å²) < 4.78 is 25.4. The summed E-state index contributed by atoms with van der Waals surface area (Å²) in [5.41, 5.74) is 0.925. The monoisotopic (exact) mass is 387 g/mol. The predicted molar refractivity (Wildman–Crippen MR) is 102 cm³/mol. The first-order chi connectivity index (χ1) is 13.6. The molecule has 0 saturated carbocycles. The topological polar surface area (TPSA) is 68.1 Å². The van der Waals surface area contributed by atoms with E-state index >= 15 is 0 Å². The highest BCUT2D eigenvalue weighted by Crippen LogP contribution is 2.38. The maximum Gasteiger partial charge on any atom is 0.328 e. The van der Waals surface area contributed by atoms with Crippen molar-refractivity contribution in [3.05, 3.63) is 64.0 Å². The van der Waals surface area contributed by atoms with Gasteiger partial charge in [0.2, 0.25) is 5.82 Å². The fourth-order valence-corrected chi connectivity index (χ4v) is 4.07. The van der Waals surface area contributed by atoms with E-state index in [0.717, 1.165) is 19.2 Å². The molecule has 2 aromatic rings. The number of fused-ring (bicyclic) bond motifs is 1. The summed E-state index contributed by atoms with van der Waals surface area (Å²) in [5.74, 6) is -0.633. The number of halogens is 1. The van der Waals surface area contributed by atoms with Crippen LogP contribution in [-0.4, -0.2) is 55.3 Å². The van der Waals surface area contributed by atoms with Crippen molar-refractivity contribution in [3.8, 4) is 5.75 Å². The third-order valence-electron chi connectivity index (χ3n) is 5.42. The molecular formula is C20H22FN3O4. The Morgan fingerprint density at radius 2 is 2.07 bits per heavy atom. The van der Waals surface area contributed by atoms with E-state index in [1.807, 2.05) is 23.1 Å². The normalized spacial score (nSPS) is 22.1. The summed E-state index contributed by atoms with van der Waals surface area (Å²) >= 11 is 0. The van der Waals surface area contributed by atoms with E-state index in [1.54, 1.807) is 0 Å². The van der Waals surface area contributed by atoms with E-state index in [-0.39, 0.29) is 23.6 Å². The zero-order chi connectivity index (χ0) is 19.7. The first-order valence-corrected chi connectivity index (χ1v) is 9.23. The SMILES string of the molecule is COc1cc(F)c([N+](=O)[O-])c(N2CC3OCCN(Cc4ccccc4)C3C2)c1. The number of nitrogens with zero attached hydrogens (tertiary/aromatic N) is 3. The van der Waals surface area contributed by atoms with Crippen LogP contribution in [0.25, 0.3) is 0 Å². The van der Waals surface area contributed by atoms with Gasteiger partial charge in [0.05, 0.1) is 30.8 Å². The van der Waals surface area contributed by atoms with Crippen LogP contribution in [0.1, 0.15) is 5.56 Å². The molecule has 0 N–H and O–H groups in total. The van der Waals surface area contributed by atoms with Gasteiger partial charge in [-0.15, -0.1) is 0 Å². The highest BCUT2D eigenvalue weighted by molar-refractivity contribution is 5.67. The minimum Gasteiger partial charge on any atom is -0.497 e. The van der Waals surface area contributed by atoms with Gasteiger partial charge in [0.1, 0.15) is 11.4 Å². The lowest BCUT2D eigenvalue weighted by atomic mass is 10.1. The summed E-state index contributed by atoms with van der Waals surface area (Å²) in [7, 11) is 1.42. The van der Waals surface area contributed by atoms with Crippen LogP contribution < -0.4 is 9.64 Å². The van der Waals surface area contributed by atoms with E-state index in [2.05, 4.69) is 17.0 Å². The molecule has 0 spiro atoms. The number of methoxy groups -OCH3 is 1. The molecule has 0 aromatic heterocycles. The molecule has 28 heavy (non-hydrogen) atoms. The Balaban J connectivity index is 1.60. The second-order valence-electron chi connectivity index (χ2n) is 7.07. The quantitative estimate of drug-likeness (QED) is 0.581. The smallest absolute Gasteiger partial charge is 0.328 e. The van der Waals surface area contributed by atoms with E-state index < -0.39 is 16.4 Å². The Bertz CT molecular complexity index is 864. The van der Waals surface area contributed by atoms with Gasteiger partial charge in [-0.05, 0) is 5.56 Å². The van der Waals surface area contributed by atoms with Gasteiger partial charge in [-0.3, -0.25) is 15.0 Å². The number of hydrogen-bond donors (Lipinski definition) is 0. The van der Waals surface area contributed by atoms with Crippen molar-refractivity contribution in [2.75, 3.05) is 38.3 Å². The fraction of sp³-hybridized carbons (Fsp3) is 0.400. The molecule has 0 aliphatic carbocycles. The number of nitro groups is 1. The lowest BCUT2D eigenvalue weighted by Gasteiger charge is -2.36. The maximum atomic E-state index is 14.3. The van der Waals surface area contributed by atoms with Gasteiger partial charge >= 0.3 is 5.69 Å². The number of rotatable bonds is 5. The van der Waals surface area contributed by atoms with Crippen molar-refractivity contribution in [1.29, 1.82) is 0 Å². The van der Waals surface area contributed by atoms with Crippen molar-refractivity contribution >= 4 is 11.4 Å². The van der Waals surface area contributed by atoms with Gasteiger partial charge in [0.15, 0.2) is 0 Å². The Hall–Kier alpha value is -2.71. The number of nitro benzene ring substituents is 1. The first-order valence-electron chi connectivity index (χ1n) is 9.23. The van der Waals surface area contributed by atoms with Crippen molar-refractivity contribution in [3.63, 3.8) is 0 Å². The summed E-state index contributed by atoms with van der Waals surface area (Å²) in [6, 6.07) is 12.8. The van der Waals surface area contributed by atoms with E-state index in [9.17, 15) is 14.5 Å². The molecule has 4 rings (SSSR count). The van der Waals surface area contributed by atoms with Crippen LogP contribution in [0.3, 0.4) is 0 Å². The second-order valence-corrected chi connectivity index (χ2v) is 7.07. The maximum absolute atomic E-state index is 14.3. The van der Waals surface area contributed by atoms with Crippen LogP contribution in [0, 0.1) is 15.9 Å². The number of benzene rings is 2. The Kier molecular flexibility index (Phi) is 5.15. The number of anilines is 1. The zero-order valence-electron chi connectivity index (χ0n) is 15.6. The van der Waals surface area contributed by atoms with Gasteiger partial charge in [0, 0.05) is 38.3 Å². The van der Waals surface area contributed by atoms with Gasteiger partial charge in [-0.1, -0.05) is 30.3 Å². The molecule has 0 radical (unpaired) electrons. The van der Waals surface area contributed by atoms with Crippen LogP contribution in [0.4, 0.5) is 15.8 Å². The van der Waals surface area contributed by atoms with Crippen molar-refractivity contribution in [2.45, 2.75) is 18.7 Å². The summed E-state index contributed by atoms with van der Waals surface area (Å²) in [6.07, 6.45) is -0.0775. The zero-order valence-corrected chi connectivity index (χ0v) is 15.6. The van der Waals surface area contributed by atoms with Crippen LogP contribution in [0.15, 0.2) is 42.5 Å². The molecule has 0 amide bonds. The highest BCUT2D eigenvalue weighted by Gasteiger charge is 2.42. The van der Waals surface area contributed by atoms with E-state index in [0.29, 0.717) is 19.7 Å². The highest BCUT2D eigenvalue weighted by atomic mass is 19.1. The molecule has 7 nitrogen and oxygen atoms in total. The van der Waals surface area contributed by atoms with Crippen LogP contribution in [-0.2, 0) is 11.3 Å². The molecule has 2 atom stereocenters. The molecule has 8 heteroatoms. The minimum absolute atomic E-state index is 0.0775. The molecule has 2 saturated heterocycles. The lowest BCUT2D eigenvalue weighted by Crippen LogP contribution is -2.50. The molecule has 2 aromatic carbocycles. The molecule has 148 valence electrons. The van der Waals surface area contributed by atoms with E-state index in [1.165, 1.54) is 18.7 Å². The van der Waals surface area contributed by atoms with Gasteiger partial charge in [0.25, 0.3) is 0 Å². The predicted octanol–water partition coefficient (Wildman–Crippen LogP) is 2.83. The van der Waals surface area contributed by atoms with Crippen molar-refractivity contribution in [2.24, 2.45) is 0 Å². The van der Waals surface area contributed by atoms with Crippen molar-refractivity contribution < 1.29 is 18.8 Å². The number of morpholine rings is 1. The molecule has 0 bridgehead atoms. The molecular weight excluding hydrogens is 365 g/mol. The lowest BCUT2D eigenvalue weighted by molar-refractivity contribution is -0.386. The first kappa shape index (κ1) is 18.6. The summed E-state index contributed by atoms with van der Waals surface area (Å²) in [6.45, 7) is 3.19. The second kappa shape index (κ2) is 7.73. The summed E-state index contributed by atoms with van der Waals surface area (Å²) in [4.78, 5) is 15.0. The molecule has 2 aliphatic heterocycles. The third kappa shape index (κ3) is 3.53. The van der Waals surface area contributed by atoms with Crippen LogP contribution in [0.2, 0.25) is 0 Å². The largest absolute Gasteiger partial charge is 0.497 e. The van der Waals surface area contributed by atoms with Gasteiger partial charge in [-0.25, -0.2) is 0 Å². The Labute approximate surface area is 162 Å². The van der Waals surface area contributed by atoms with Gasteiger partial charge in [-0.2, -0.15) is 4.39 Å². The fourth-order valence-electron chi connectivity index (χ4n) is 4.07. The molecule has 2 fully saturated rings. The third-order valence-corrected chi connectivity index (χ3v) is 5.42. The number of hydrogen-bond acceptors (Lipinski definition) is 6. The van der Waals surface area contributed by atoms with Gasteiger partial charge < -0.3 is 14.4 Å². The Morgan fingerprint density at radius 3 is 2.79 bits per heavy atom. The summed E-state index contributed by atoms with van der Waals surface area (Å²) in [5, 5.41) is 11.5. The van der Waals surface area contributed by atoms with E-state index in [4.69, 9.17) is 9.47 Å². The minimum atomic E-state index is -0.892. The average molecular weight is 387 g/mol. The standard InChI is InChI=1S/C20H22FN3O4/c1-27-15-9-16(21)20(24(25)26)17(10-15)23-12-18-19(13-23)28-8-7-22(18)11-14-5-3-2-4-6-14/h2-6,9-10,18-19H,7-8,11-13H2,1H3. The van der Waals surface area contributed by atoms with Crippen LogP contribution in [0.5, 0.6) is 5.75 Å².